The van der Waals surface area contributed by atoms with Crippen molar-refractivity contribution in [2.45, 2.75) is 39.3 Å². The monoisotopic (exact) mass is 278 g/mol. The summed E-state index contributed by atoms with van der Waals surface area (Å²) >= 11 is 0. The lowest BCUT2D eigenvalue weighted by atomic mass is 9.84. The average molecular weight is 278 g/mol. The lowest BCUT2D eigenvalue weighted by molar-refractivity contribution is -0.0439. The molecule has 1 amide bonds. The molecular formula is C15H22N2O3. The van der Waals surface area contributed by atoms with Crippen molar-refractivity contribution in [1.29, 1.82) is 0 Å². The van der Waals surface area contributed by atoms with Gasteiger partial charge in [0.05, 0.1) is 5.60 Å². The molecule has 0 radical (unpaired) electrons. The number of amides is 1. The van der Waals surface area contributed by atoms with Gasteiger partial charge in [0.2, 0.25) is 0 Å². The summed E-state index contributed by atoms with van der Waals surface area (Å²) in [7, 11) is 0. The molecule has 0 unspecified atom stereocenters. The van der Waals surface area contributed by atoms with E-state index in [1.54, 1.807) is 21.7 Å². The highest BCUT2D eigenvalue weighted by Crippen LogP contribution is 2.27. The molecule has 2 atom stereocenters. The Bertz CT molecular complexity index is 562. The number of carbonyl (C=O) groups excluding carboxylic acids is 1. The second-order valence-electron chi connectivity index (χ2n) is 5.80. The zero-order chi connectivity index (χ0) is 14.9. The van der Waals surface area contributed by atoms with Gasteiger partial charge in [-0.25, -0.2) is 0 Å². The molecule has 0 saturated carbocycles. The number of hydrogen-bond donors (Lipinski definition) is 1. The van der Waals surface area contributed by atoms with E-state index in [2.05, 4.69) is 0 Å². The van der Waals surface area contributed by atoms with Gasteiger partial charge in [0.15, 0.2) is 0 Å². The van der Waals surface area contributed by atoms with E-state index >= 15 is 0 Å². The molecule has 1 fully saturated rings. The number of aliphatic hydroxyl groups is 1. The Morgan fingerprint density at radius 2 is 2.25 bits per heavy atom. The second kappa shape index (κ2) is 5.40. The van der Waals surface area contributed by atoms with Crippen LogP contribution in [0.1, 0.15) is 37.6 Å². The Hall–Kier alpha value is -1.62. The van der Waals surface area contributed by atoms with Gasteiger partial charge in [-0.2, -0.15) is 0 Å². The minimum atomic E-state index is -0.720. The zero-order valence-corrected chi connectivity index (χ0v) is 12.3. The normalized spacial score (nSPS) is 26.6. The average Bonchev–Trinajstić information content (AvgIpc) is 2.41. The maximum Gasteiger partial charge on any atom is 0.254 e. The molecule has 0 aromatic carbocycles. The number of hydrogen-bond acceptors (Lipinski definition) is 3. The maximum atomic E-state index is 12.4. The number of pyridine rings is 1. The first-order chi connectivity index (χ1) is 9.35. The highest BCUT2D eigenvalue weighted by Gasteiger charge is 2.36. The molecule has 0 spiro atoms. The lowest BCUT2D eigenvalue weighted by Gasteiger charge is -2.41. The van der Waals surface area contributed by atoms with Crippen LogP contribution in [0.25, 0.3) is 0 Å². The Morgan fingerprint density at radius 3 is 2.80 bits per heavy atom. The first kappa shape index (κ1) is 14.8. The van der Waals surface area contributed by atoms with Crippen molar-refractivity contribution in [2.24, 2.45) is 5.92 Å². The van der Waals surface area contributed by atoms with Gasteiger partial charge in [-0.1, -0.05) is 6.92 Å². The molecule has 1 N–H and O–H groups in total. The Kier molecular flexibility index (Phi) is 3.99. The van der Waals surface area contributed by atoms with E-state index in [1.165, 1.54) is 6.07 Å². The third kappa shape index (κ3) is 2.77. The van der Waals surface area contributed by atoms with Gasteiger partial charge in [-0.3, -0.25) is 9.59 Å². The molecule has 2 heterocycles. The summed E-state index contributed by atoms with van der Waals surface area (Å²) in [5.74, 6) is -0.107. The number of piperidine rings is 1. The van der Waals surface area contributed by atoms with Crippen molar-refractivity contribution in [3.05, 3.63) is 34.2 Å². The number of nitrogens with zero attached hydrogens (tertiary/aromatic N) is 2. The molecule has 1 aromatic heterocycles. The highest BCUT2D eigenvalue weighted by atomic mass is 16.3. The van der Waals surface area contributed by atoms with Crippen LogP contribution in [0.5, 0.6) is 0 Å². The van der Waals surface area contributed by atoms with E-state index in [1.807, 2.05) is 20.8 Å². The van der Waals surface area contributed by atoms with Crippen molar-refractivity contribution < 1.29 is 9.90 Å². The molecule has 0 bridgehead atoms. The van der Waals surface area contributed by atoms with E-state index in [9.17, 15) is 14.7 Å². The lowest BCUT2D eigenvalue weighted by Crippen LogP contribution is -2.51. The summed E-state index contributed by atoms with van der Waals surface area (Å²) in [6, 6.07) is 3.08. The fourth-order valence-electron chi connectivity index (χ4n) is 2.50. The first-order valence-corrected chi connectivity index (χ1v) is 7.07. The van der Waals surface area contributed by atoms with E-state index in [0.29, 0.717) is 31.6 Å². The van der Waals surface area contributed by atoms with Crippen molar-refractivity contribution >= 4 is 5.91 Å². The summed E-state index contributed by atoms with van der Waals surface area (Å²) in [4.78, 5) is 25.9. The third-order valence-corrected chi connectivity index (χ3v) is 4.31. The van der Waals surface area contributed by atoms with Crippen LogP contribution in [-0.2, 0) is 6.54 Å². The molecule has 20 heavy (non-hydrogen) atoms. The number of carbonyl (C=O) groups is 1. The largest absolute Gasteiger partial charge is 0.390 e. The van der Waals surface area contributed by atoms with Crippen molar-refractivity contribution in [3.8, 4) is 0 Å². The van der Waals surface area contributed by atoms with E-state index < -0.39 is 5.60 Å². The number of aryl methyl sites for hydroxylation is 1. The molecule has 1 aliphatic rings. The molecule has 1 aliphatic heterocycles. The van der Waals surface area contributed by atoms with Crippen LogP contribution in [0.2, 0.25) is 0 Å². The molecule has 2 rings (SSSR count). The second-order valence-corrected chi connectivity index (χ2v) is 5.80. The quantitative estimate of drug-likeness (QED) is 0.881. The molecule has 5 nitrogen and oxygen atoms in total. The summed E-state index contributed by atoms with van der Waals surface area (Å²) in [6.07, 6.45) is 2.21. The zero-order valence-electron chi connectivity index (χ0n) is 12.3. The maximum absolute atomic E-state index is 12.4. The van der Waals surface area contributed by atoms with Crippen molar-refractivity contribution in [2.75, 3.05) is 13.1 Å². The van der Waals surface area contributed by atoms with Crippen LogP contribution >= 0.6 is 0 Å². The van der Waals surface area contributed by atoms with Crippen LogP contribution in [0.15, 0.2) is 23.1 Å². The summed E-state index contributed by atoms with van der Waals surface area (Å²) in [6.45, 7) is 7.26. The molecule has 5 heteroatoms. The van der Waals surface area contributed by atoms with Crippen LogP contribution in [0.4, 0.5) is 0 Å². The van der Waals surface area contributed by atoms with Crippen molar-refractivity contribution in [1.82, 2.24) is 9.47 Å². The van der Waals surface area contributed by atoms with Gasteiger partial charge < -0.3 is 14.6 Å². The molecule has 0 aliphatic carbocycles. The smallest absolute Gasteiger partial charge is 0.254 e. The number of likely N-dealkylation sites (tertiary alicyclic amines) is 1. The van der Waals surface area contributed by atoms with E-state index in [-0.39, 0.29) is 17.4 Å². The standard InChI is InChI=1S/C15H22N2O3/c1-4-16-7-5-12(9-13(16)18)14(19)17-8-6-15(3,20)11(2)10-17/h5,7,9,11,20H,4,6,8,10H2,1-3H3/t11-,15+/m0/s1. The third-order valence-electron chi connectivity index (χ3n) is 4.31. The van der Waals surface area contributed by atoms with E-state index in [0.717, 1.165) is 0 Å². The minimum absolute atomic E-state index is 0.0243. The van der Waals surface area contributed by atoms with E-state index in [4.69, 9.17) is 0 Å². The Balaban J connectivity index is 2.16. The van der Waals surface area contributed by atoms with Gasteiger partial charge in [0.1, 0.15) is 0 Å². The predicted octanol–water partition coefficient (Wildman–Crippen LogP) is 1.10. The summed E-state index contributed by atoms with van der Waals surface area (Å²) < 4.78 is 1.56. The topological polar surface area (TPSA) is 62.5 Å². The van der Waals surface area contributed by atoms with Gasteiger partial charge in [0.25, 0.3) is 11.5 Å². The fraction of sp³-hybridized carbons (Fsp3) is 0.600. The van der Waals surface area contributed by atoms with Gasteiger partial charge in [0, 0.05) is 43.4 Å². The number of rotatable bonds is 2. The predicted molar refractivity (Wildman–Crippen MR) is 76.7 cm³/mol. The summed E-state index contributed by atoms with van der Waals surface area (Å²) in [5.41, 5.74) is -0.452. The minimum Gasteiger partial charge on any atom is -0.390 e. The molecular weight excluding hydrogens is 256 g/mol. The Morgan fingerprint density at radius 1 is 1.55 bits per heavy atom. The molecule has 110 valence electrons. The van der Waals surface area contributed by atoms with Crippen LogP contribution in [0.3, 0.4) is 0 Å². The van der Waals surface area contributed by atoms with Gasteiger partial charge in [-0.15, -0.1) is 0 Å². The van der Waals surface area contributed by atoms with Crippen LogP contribution in [-0.4, -0.2) is 39.2 Å². The Labute approximate surface area is 118 Å². The number of aromatic nitrogens is 1. The molecule has 1 aromatic rings. The van der Waals surface area contributed by atoms with Crippen LogP contribution in [0, 0.1) is 5.92 Å². The summed E-state index contributed by atoms with van der Waals surface area (Å²) in [5, 5.41) is 10.1. The van der Waals surface area contributed by atoms with Crippen molar-refractivity contribution in [3.63, 3.8) is 0 Å². The molecule has 1 saturated heterocycles. The van der Waals surface area contributed by atoms with Crippen LogP contribution < -0.4 is 5.56 Å². The highest BCUT2D eigenvalue weighted by molar-refractivity contribution is 5.94. The van der Waals surface area contributed by atoms with Gasteiger partial charge in [-0.05, 0) is 26.3 Å². The fourth-order valence-corrected chi connectivity index (χ4v) is 2.50. The SMILES string of the molecule is CCn1ccc(C(=O)N2CC[C@@](C)(O)[C@@H](C)C2)cc1=O. The first-order valence-electron chi connectivity index (χ1n) is 7.07. The van der Waals surface area contributed by atoms with Gasteiger partial charge >= 0.3 is 0 Å².